The Balaban J connectivity index is 3.03. The van der Waals surface area contributed by atoms with Crippen LogP contribution < -0.4 is 0 Å². The second-order valence-corrected chi connectivity index (χ2v) is 2.52. The average molecular weight is 178 g/mol. The highest BCUT2D eigenvalue weighted by Crippen LogP contribution is 2.18. The van der Waals surface area contributed by atoms with Crippen LogP contribution in [-0.2, 0) is 0 Å². The number of rotatable bonds is 3. The van der Waals surface area contributed by atoms with Gasteiger partial charge >= 0.3 is 0 Å². The number of phenols is 1. The molecule has 1 aromatic rings. The summed E-state index contributed by atoms with van der Waals surface area (Å²) in [5, 5.41) is 17.8. The van der Waals surface area contributed by atoms with Crippen LogP contribution in [0.4, 0.5) is 0 Å². The Kier molecular flexibility index (Phi) is 3.23. The van der Waals surface area contributed by atoms with Gasteiger partial charge in [0.15, 0.2) is 0 Å². The van der Waals surface area contributed by atoms with Crippen LogP contribution in [0.5, 0.6) is 5.75 Å². The molecule has 1 rings (SSSR count). The van der Waals surface area contributed by atoms with Crippen LogP contribution in [0.15, 0.2) is 24.3 Å². The molecule has 0 aliphatic carbocycles. The number of benzene rings is 1. The summed E-state index contributed by atoms with van der Waals surface area (Å²) in [6.07, 6.45) is 3.75. The van der Waals surface area contributed by atoms with Crippen LogP contribution in [0, 0.1) is 0 Å². The molecule has 0 atom stereocenters. The third-order valence-corrected chi connectivity index (χ3v) is 1.59. The summed E-state index contributed by atoms with van der Waals surface area (Å²) in [6, 6.07) is 4.52. The SMILES string of the molecule is O=Cc1ccc(O)c(C=CCO)c1. The molecule has 3 nitrogen and oxygen atoms in total. The molecule has 0 unspecified atom stereocenters. The summed E-state index contributed by atoms with van der Waals surface area (Å²) in [6.45, 7) is -0.0925. The maximum Gasteiger partial charge on any atom is 0.150 e. The van der Waals surface area contributed by atoms with Crippen molar-refractivity contribution in [1.82, 2.24) is 0 Å². The molecule has 68 valence electrons. The lowest BCUT2D eigenvalue weighted by molar-refractivity contribution is 0.112. The number of carbonyl (C=O) groups excluding carboxylic acids is 1. The van der Waals surface area contributed by atoms with Gasteiger partial charge in [0.25, 0.3) is 0 Å². The van der Waals surface area contributed by atoms with Crippen molar-refractivity contribution in [2.24, 2.45) is 0 Å². The Hall–Kier alpha value is -1.61. The van der Waals surface area contributed by atoms with Gasteiger partial charge in [-0.1, -0.05) is 12.2 Å². The fourth-order valence-electron chi connectivity index (χ4n) is 0.959. The molecule has 0 heterocycles. The first-order chi connectivity index (χ1) is 6.27. The van der Waals surface area contributed by atoms with Crippen LogP contribution in [-0.4, -0.2) is 23.1 Å². The molecule has 0 saturated carbocycles. The minimum atomic E-state index is -0.0925. The molecule has 0 amide bonds. The minimum Gasteiger partial charge on any atom is -0.507 e. The van der Waals surface area contributed by atoms with E-state index in [0.717, 1.165) is 0 Å². The number of hydrogen-bond acceptors (Lipinski definition) is 3. The van der Waals surface area contributed by atoms with E-state index in [-0.39, 0.29) is 12.4 Å². The molecule has 0 spiro atoms. The van der Waals surface area contributed by atoms with Crippen LogP contribution in [0.2, 0.25) is 0 Å². The lowest BCUT2D eigenvalue weighted by Crippen LogP contribution is -1.82. The molecule has 0 saturated heterocycles. The normalized spacial score (nSPS) is 10.5. The van der Waals surface area contributed by atoms with E-state index in [4.69, 9.17) is 5.11 Å². The standard InChI is InChI=1S/C10H10O3/c11-5-1-2-9-6-8(7-12)3-4-10(9)13/h1-4,6-7,11,13H,5H2. The number of aliphatic hydroxyl groups excluding tert-OH is 1. The number of aldehydes is 1. The number of aliphatic hydroxyl groups is 1. The smallest absolute Gasteiger partial charge is 0.150 e. The summed E-state index contributed by atoms with van der Waals surface area (Å²) < 4.78 is 0. The zero-order valence-electron chi connectivity index (χ0n) is 6.97. The largest absolute Gasteiger partial charge is 0.507 e. The predicted molar refractivity (Wildman–Crippen MR) is 49.6 cm³/mol. The van der Waals surface area contributed by atoms with Crippen molar-refractivity contribution in [2.45, 2.75) is 0 Å². The lowest BCUT2D eigenvalue weighted by atomic mass is 10.1. The van der Waals surface area contributed by atoms with E-state index in [9.17, 15) is 9.90 Å². The zero-order valence-corrected chi connectivity index (χ0v) is 6.97. The van der Waals surface area contributed by atoms with Crippen molar-refractivity contribution >= 4 is 12.4 Å². The molecule has 0 radical (unpaired) electrons. The molecule has 3 heteroatoms. The van der Waals surface area contributed by atoms with Gasteiger partial charge in [0, 0.05) is 11.1 Å². The second-order valence-electron chi connectivity index (χ2n) is 2.52. The van der Waals surface area contributed by atoms with Crippen LogP contribution in [0.1, 0.15) is 15.9 Å². The number of hydrogen-bond donors (Lipinski definition) is 2. The van der Waals surface area contributed by atoms with E-state index in [0.29, 0.717) is 17.4 Å². The lowest BCUT2D eigenvalue weighted by Gasteiger charge is -1.98. The van der Waals surface area contributed by atoms with Gasteiger partial charge in [-0.2, -0.15) is 0 Å². The van der Waals surface area contributed by atoms with Crippen molar-refractivity contribution in [2.75, 3.05) is 6.61 Å². The molecule has 13 heavy (non-hydrogen) atoms. The monoisotopic (exact) mass is 178 g/mol. The Bertz CT molecular complexity index is 329. The van der Waals surface area contributed by atoms with Crippen molar-refractivity contribution in [3.63, 3.8) is 0 Å². The molecule has 0 aromatic heterocycles. The molecule has 0 bridgehead atoms. The first-order valence-electron chi connectivity index (χ1n) is 3.83. The summed E-state index contributed by atoms with van der Waals surface area (Å²) in [5.74, 6) is 0.0929. The first-order valence-corrected chi connectivity index (χ1v) is 3.83. The highest BCUT2D eigenvalue weighted by Gasteiger charge is 1.97. The molecule has 2 N–H and O–H groups in total. The van der Waals surface area contributed by atoms with E-state index in [1.165, 1.54) is 18.2 Å². The van der Waals surface area contributed by atoms with Crippen molar-refractivity contribution < 1.29 is 15.0 Å². The summed E-state index contributed by atoms with van der Waals surface area (Å²) in [5.41, 5.74) is 1.02. The third-order valence-electron chi connectivity index (χ3n) is 1.59. The maximum absolute atomic E-state index is 10.4. The van der Waals surface area contributed by atoms with Gasteiger partial charge in [-0.25, -0.2) is 0 Å². The maximum atomic E-state index is 10.4. The Labute approximate surface area is 76.0 Å². The summed E-state index contributed by atoms with van der Waals surface area (Å²) in [4.78, 5) is 10.4. The van der Waals surface area contributed by atoms with Crippen LogP contribution in [0.25, 0.3) is 6.08 Å². The molecule has 0 aliphatic rings. The molecular weight excluding hydrogens is 168 g/mol. The number of phenolic OH excluding ortho intramolecular Hbond substituents is 1. The van der Waals surface area contributed by atoms with Gasteiger partial charge in [0.1, 0.15) is 12.0 Å². The quantitative estimate of drug-likeness (QED) is 0.684. The van der Waals surface area contributed by atoms with Crippen LogP contribution in [0.3, 0.4) is 0 Å². The predicted octanol–water partition coefficient (Wildman–Crippen LogP) is 1.21. The van der Waals surface area contributed by atoms with Gasteiger partial charge < -0.3 is 10.2 Å². The summed E-state index contributed by atoms with van der Waals surface area (Å²) in [7, 11) is 0. The second kappa shape index (κ2) is 4.42. The van der Waals surface area contributed by atoms with Gasteiger partial charge in [-0.05, 0) is 18.2 Å². The van der Waals surface area contributed by atoms with Gasteiger partial charge in [-0.3, -0.25) is 4.79 Å². The molecule has 0 fully saturated rings. The van der Waals surface area contributed by atoms with Gasteiger partial charge in [0.2, 0.25) is 0 Å². The van der Waals surface area contributed by atoms with Crippen LogP contribution >= 0.6 is 0 Å². The highest BCUT2D eigenvalue weighted by molar-refractivity contribution is 5.77. The van der Waals surface area contributed by atoms with E-state index >= 15 is 0 Å². The van der Waals surface area contributed by atoms with Crippen molar-refractivity contribution in [3.8, 4) is 5.75 Å². The topological polar surface area (TPSA) is 57.5 Å². The Morgan fingerprint density at radius 1 is 1.38 bits per heavy atom. The molecular formula is C10H10O3. The first kappa shape index (κ1) is 9.48. The number of carbonyl (C=O) groups is 1. The minimum absolute atomic E-state index is 0.0925. The molecule has 0 aliphatic heterocycles. The Morgan fingerprint density at radius 3 is 2.77 bits per heavy atom. The van der Waals surface area contributed by atoms with E-state index in [1.807, 2.05) is 0 Å². The van der Waals surface area contributed by atoms with E-state index in [1.54, 1.807) is 12.1 Å². The van der Waals surface area contributed by atoms with E-state index < -0.39 is 0 Å². The number of aromatic hydroxyl groups is 1. The third kappa shape index (κ3) is 2.42. The average Bonchev–Trinajstić information content (AvgIpc) is 2.17. The van der Waals surface area contributed by atoms with E-state index in [2.05, 4.69) is 0 Å². The molecule has 1 aromatic carbocycles. The van der Waals surface area contributed by atoms with Crippen molar-refractivity contribution in [3.05, 3.63) is 35.4 Å². The zero-order chi connectivity index (χ0) is 9.68. The fourth-order valence-corrected chi connectivity index (χ4v) is 0.959. The van der Waals surface area contributed by atoms with Gasteiger partial charge in [-0.15, -0.1) is 0 Å². The van der Waals surface area contributed by atoms with Crippen molar-refractivity contribution in [1.29, 1.82) is 0 Å². The Morgan fingerprint density at radius 2 is 2.15 bits per heavy atom. The highest BCUT2D eigenvalue weighted by atomic mass is 16.3. The summed E-state index contributed by atoms with van der Waals surface area (Å²) >= 11 is 0. The fraction of sp³-hybridized carbons (Fsp3) is 0.100. The van der Waals surface area contributed by atoms with Gasteiger partial charge in [0.05, 0.1) is 6.61 Å².